The van der Waals surface area contributed by atoms with E-state index in [-0.39, 0.29) is 0 Å². The number of hydrogen-bond donors (Lipinski definition) is 1. The number of nitrogens with zero attached hydrogens (tertiary/aromatic N) is 2. The third kappa shape index (κ3) is 2.72. The molecule has 0 radical (unpaired) electrons. The van der Waals surface area contributed by atoms with Gasteiger partial charge in [0.25, 0.3) is 0 Å². The van der Waals surface area contributed by atoms with Crippen LogP contribution in [0.4, 0.5) is 0 Å². The summed E-state index contributed by atoms with van der Waals surface area (Å²) < 4.78 is 0. The Hall–Kier alpha value is -0.960. The molecule has 0 saturated heterocycles. The number of nitrogens with two attached hydrogens (primary N) is 1. The van der Waals surface area contributed by atoms with Gasteiger partial charge in [-0.2, -0.15) is 0 Å². The summed E-state index contributed by atoms with van der Waals surface area (Å²) in [4.78, 5) is 9.67. The van der Waals surface area contributed by atoms with Gasteiger partial charge in [0.15, 0.2) is 0 Å². The van der Waals surface area contributed by atoms with Crippen molar-refractivity contribution in [2.75, 3.05) is 6.54 Å². The molecule has 0 unspecified atom stereocenters. The van der Waals surface area contributed by atoms with E-state index >= 15 is 0 Å². The zero-order valence-electron chi connectivity index (χ0n) is 11.7. The highest BCUT2D eigenvalue weighted by atomic mass is 14.9. The Labute approximate surface area is 110 Å². The topological polar surface area (TPSA) is 51.8 Å². The molecule has 1 fully saturated rings. The van der Waals surface area contributed by atoms with Gasteiger partial charge in [0, 0.05) is 17.3 Å². The van der Waals surface area contributed by atoms with Gasteiger partial charge >= 0.3 is 0 Å². The summed E-state index contributed by atoms with van der Waals surface area (Å²) in [7, 11) is 0. The van der Waals surface area contributed by atoms with E-state index in [0.717, 1.165) is 25.1 Å². The molecule has 18 heavy (non-hydrogen) atoms. The SMILES string of the molecule is CCc1nc(C2CCCC2)nc(CC)c1CCN. The van der Waals surface area contributed by atoms with E-state index in [1.807, 2.05) is 0 Å². The maximum Gasteiger partial charge on any atom is 0.131 e. The number of aromatic nitrogens is 2. The van der Waals surface area contributed by atoms with Crippen molar-refractivity contribution in [1.82, 2.24) is 9.97 Å². The highest BCUT2D eigenvalue weighted by Gasteiger charge is 2.22. The molecule has 0 amide bonds. The molecule has 3 nitrogen and oxygen atoms in total. The summed E-state index contributed by atoms with van der Waals surface area (Å²) in [5, 5.41) is 0. The van der Waals surface area contributed by atoms with Crippen molar-refractivity contribution < 1.29 is 0 Å². The van der Waals surface area contributed by atoms with Gasteiger partial charge in [-0.25, -0.2) is 9.97 Å². The van der Waals surface area contributed by atoms with Crippen LogP contribution in [-0.2, 0) is 19.3 Å². The Morgan fingerprint density at radius 3 is 2.06 bits per heavy atom. The third-order valence-corrected chi connectivity index (χ3v) is 3.98. The van der Waals surface area contributed by atoms with Gasteiger partial charge in [0.1, 0.15) is 5.82 Å². The van der Waals surface area contributed by atoms with Crippen LogP contribution in [0.1, 0.15) is 68.2 Å². The van der Waals surface area contributed by atoms with Crippen LogP contribution in [0.25, 0.3) is 0 Å². The number of rotatable bonds is 5. The lowest BCUT2D eigenvalue weighted by atomic mass is 10.0. The van der Waals surface area contributed by atoms with Crippen molar-refractivity contribution >= 4 is 0 Å². The van der Waals surface area contributed by atoms with Crippen molar-refractivity contribution in [2.45, 2.75) is 64.7 Å². The minimum absolute atomic E-state index is 0.604. The molecule has 2 N–H and O–H groups in total. The summed E-state index contributed by atoms with van der Waals surface area (Å²) in [5.41, 5.74) is 9.48. The minimum Gasteiger partial charge on any atom is -0.330 e. The van der Waals surface area contributed by atoms with Gasteiger partial charge in [-0.1, -0.05) is 26.7 Å². The summed E-state index contributed by atoms with van der Waals surface area (Å²) >= 11 is 0. The quantitative estimate of drug-likeness (QED) is 0.870. The van der Waals surface area contributed by atoms with Crippen LogP contribution in [0.2, 0.25) is 0 Å². The summed E-state index contributed by atoms with van der Waals surface area (Å²) in [6, 6.07) is 0. The molecule has 0 aliphatic heterocycles. The molecule has 0 bridgehead atoms. The average molecular weight is 247 g/mol. The molecule has 1 saturated carbocycles. The second-order valence-electron chi connectivity index (χ2n) is 5.18. The van der Waals surface area contributed by atoms with Gasteiger partial charge in [0.2, 0.25) is 0 Å². The van der Waals surface area contributed by atoms with Crippen LogP contribution >= 0.6 is 0 Å². The molecular formula is C15H25N3. The van der Waals surface area contributed by atoms with E-state index in [9.17, 15) is 0 Å². The minimum atomic E-state index is 0.604. The maximum atomic E-state index is 5.71. The Balaban J connectivity index is 2.37. The van der Waals surface area contributed by atoms with Gasteiger partial charge in [-0.05, 0) is 44.2 Å². The predicted octanol–water partition coefficient (Wildman–Crippen LogP) is 2.76. The fraction of sp³-hybridized carbons (Fsp3) is 0.733. The molecule has 1 aromatic rings. The van der Waals surface area contributed by atoms with Gasteiger partial charge in [-0.3, -0.25) is 0 Å². The second-order valence-corrected chi connectivity index (χ2v) is 5.18. The standard InChI is InChI=1S/C15H25N3/c1-3-13-12(9-10-16)14(4-2)18-15(17-13)11-7-5-6-8-11/h11H,3-10,16H2,1-2H3. The van der Waals surface area contributed by atoms with Crippen LogP contribution in [0.5, 0.6) is 0 Å². The first-order valence-electron chi connectivity index (χ1n) is 7.38. The summed E-state index contributed by atoms with van der Waals surface area (Å²) in [6.07, 6.45) is 8.10. The van der Waals surface area contributed by atoms with E-state index in [1.165, 1.54) is 42.6 Å². The molecule has 1 aliphatic carbocycles. The monoisotopic (exact) mass is 247 g/mol. The zero-order chi connectivity index (χ0) is 13.0. The van der Waals surface area contributed by atoms with E-state index in [0.29, 0.717) is 12.5 Å². The van der Waals surface area contributed by atoms with E-state index < -0.39 is 0 Å². The Kier molecular flexibility index (Phi) is 4.70. The molecule has 1 heterocycles. The summed E-state index contributed by atoms with van der Waals surface area (Å²) in [5.74, 6) is 1.70. The van der Waals surface area contributed by atoms with Crippen LogP contribution in [0.15, 0.2) is 0 Å². The van der Waals surface area contributed by atoms with Crippen molar-refractivity contribution in [3.8, 4) is 0 Å². The van der Waals surface area contributed by atoms with Crippen molar-refractivity contribution in [3.05, 3.63) is 22.8 Å². The molecule has 1 aliphatic rings. The van der Waals surface area contributed by atoms with E-state index in [2.05, 4.69) is 13.8 Å². The highest BCUT2D eigenvalue weighted by Crippen LogP contribution is 2.33. The van der Waals surface area contributed by atoms with Crippen LogP contribution < -0.4 is 5.73 Å². The first-order chi connectivity index (χ1) is 8.80. The third-order valence-electron chi connectivity index (χ3n) is 3.98. The lowest BCUT2D eigenvalue weighted by molar-refractivity contribution is 0.647. The van der Waals surface area contributed by atoms with E-state index in [4.69, 9.17) is 15.7 Å². The van der Waals surface area contributed by atoms with Crippen LogP contribution in [0.3, 0.4) is 0 Å². The molecule has 3 heteroatoms. The molecule has 0 spiro atoms. The van der Waals surface area contributed by atoms with Gasteiger partial charge < -0.3 is 5.73 Å². The Morgan fingerprint density at radius 2 is 1.61 bits per heavy atom. The van der Waals surface area contributed by atoms with Gasteiger partial charge in [-0.15, -0.1) is 0 Å². The highest BCUT2D eigenvalue weighted by molar-refractivity contribution is 5.28. The normalized spacial score (nSPS) is 16.4. The Bertz CT molecular complexity index is 370. The average Bonchev–Trinajstić information content (AvgIpc) is 2.93. The largest absolute Gasteiger partial charge is 0.330 e. The van der Waals surface area contributed by atoms with Crippen LogP contribution in [0, 0.1) is 0 Å². The smallest absolute Gasteiger partial charge is 0.131 e. The Morgan fingerprint density at radius 1 is 1.06 bits per heavy atom. The lowest BCUT2D eigenvalue weighted by Crippen LogP contribution is -2.14. The van der Waals surface area contributed by atoms with E-state index in [1.54, 1.807) is 0 Å². The van der Waals surface area contributed by atoms with Crippen molar-refractivity contribution in [1.29, 1.82) is 0 Å². The van der Waals surface area contributed by atoms with Crippen molar-refractivity contribution in [2.24, 2.45) is 5.73 Å². The molecule has 1 aromatic heterocycles. The molecule has 0 atom stereocenters. The van der Waals surface area contributed by atoms with Gasteiger partial charge in [0.05, 0.1) is 0 Å². The molecule has 100 valence electrons. The number of aryl methyl sites for hydroxylation is 2. The maximum absolute atomic E-state index is 5.71. The number of hydrogen-bond acceptors (Lipinski definition) is 3. The fourth-order valence-electron chi connectivity index (χ4n) is 2.99. The zero-order valence-corrected chi connectivity index (χ0v) is 11.7. The molecule has 2 rings (SSSR count). The predicted molar refractivity (Wildman–Crippen MR) is 74.8 cm³/mol. The summed E-state index contributed by atoms with van der Waals surface area (Å²) in [6.45, 7) is 5.05. The fourth-order valence-corrected chi connectivity index (χ4v) is 2.99. The first kappa shape index (κ1) is 13.5. The van der Waals surface area contributed by atoms with Crippen LogP contribution in [-0.4, -0.2) is 16.5 Å². The first-order valence-corrected chi connectivity index (χ1v) is 7.38. The second kappa shape index (κ2) is 6.28. The molecule has 0 aromatic carbocycles. The van der Waals surface area contributed by atoms with Crippen molar-refractivity contribution in [3.63, 3.8) is 0 Å². The molecular weight excluding hydrogens is 222 g/mol. The lowest BCUT2D eigenvalue weighted by Gasteiger charge is -2.16.